The van der Waals surface area contributed by atoms with E-state index in [2.05, 4.69) is 58.1 Å². The lowest BCUT2D eigenvalue weighted by Crippen LogP contribution is -2.21. The van der Waals surface area contributed by atoms with Crippen molar-refractivity contribution in [3.63, 3.8) is 0 Å². The number of nitrogens with one attached hydrogen (secondary N) is 2. The van der Waals surface area contributed by atoms with Gasteiger partial charge in [0.05, 0.1) is 22.8 Å². The van der Waals surface area contributed by atoms with E-state index in [-0.39, 0.29) is 0 Å². The van der Waals surface area contributed by atoms with Gasteiger partial charge in [0.1, 0.15) is 0 Å². The van der Waals surface area contributed by atoms with E-state index in [1.807, 2.05) is 6.20 Å². The summed E-state index contributed by atoms with van der Waals surface area (Å²) in [7, 11) is 0. The number of benzene rings is 1. The van der Waals surface area contributed by atoms with Crippen LogP contribution in [0.1, 0.15) is 93.9 Å². The van der Waals surface area contributed by atoms with Gasteiger partial charge in [-0.3, -0.25) is 15.8 Å². The number of anilines is 1. The number of fused-ring (bicyclic) bond motifs is 3. The second kappa shape index (κ2) is 12.2. The lowest BCUT2D eigenvalue weighted by Gasteiger charge is -2.32. The Labute approximate surface area is 211 Å². The Bertz CT molecular complexity index is 1080. The van der Waals surface area contributed by atoms with Gasteiger partial charge < -0.3 is 0 Å². The van der Waals surface area contributed by atoms with Crippen LogP contribution >= 0.6 is 0 Å². The summed E-state index contributed by atoms with van der Waals surface area (Å²) in [5.41, 5.74) is 13.2. The fraction of sp³-hybridized carbons (Fsp3) is 0.548. The number of pyridine rings is 1. The van der Waals surface area contributed by atoms with Crippen LogP contribution in [0, 0.1) is 23.8 Å². The first-order valence-electron chi connectivity index (χ1n) is 14.0. The molecule has 1 aliphatic carbocycles. The Balaban J connectivity index is 1.31. The van der Waals surface area contributed by atoms with Crippen molar-refractivity contribution in [2.45, 2.75) is 96.3 Å². The van der Waals surface area contributed by atoms with Crippen LogP contribution in [0.25, 0.3) is 0 Å². The van der Waals surface area contributed by atoms with Crippen LogP contribution in [0.3, 0.4) is 0 Å². The predicted molar refractivity (Wildman–Crippen MR) is 146 cm³/mol. The molecule has 4 bridgehead atoms. The van der Waals surface area contributed by atoms with Crippen LogP contribution in [0.2, 0.25) is 0 Å². The SMILES string of the molecule is C1#CC2=Nc3c(ccnc3C2)CC2CCCCC2CCCCCCCCCc2cccc(c2)NN1. The van der Waals surface area contributed by atoms with Gasteiger partial charge in [-0.1, -0.05) is 76.3 Å². The molecule has 1 aromatic carbocycles. The summed E-state index contributed by atoms with van der Waals surface area (Å²) in [6, 6.07) is 13.9. The summed E-state index contributed by atoms with van der Waals surface area (Å²) in [5.74, 6) is 4.89. The first-order chi connectivity index (χ1) is 17.3. The highest BCUT2D eigenvalue weighted by molar-refractivity contribution is 6.06. The van der Waals surface area contributed by atoms with E-state index in [1.54, 1.807) is 0 Å². The van der Waals surface area contributed by atoms with Crippen molar-refractivity contribution in [3.8, 4) is 12.0 Å². The molecule has 1 fully saturated rings. The molecule has 2 aromatic rings. The Morgan fingerprint density at radius 1 is 0.829 bits per heavy atom. The van der Waals surface area contributed by atoms with Crippen LogP contribution in [0.4, 0.5) is 11.4 Å². The maximum Gasteiger partial charge on any atom is 0.0986 e. The van der Waals surface area contributed by atoms with Gasteiger partial charge in [0.25, 0.3) is 0 Å². The molecule has 35 heavy (non-hydrogen) atoms. The van der Waals surface area contributed by atoms with E-state index in [0.29, 0.717) is 0 Å². The van der Waals surface area contributed by atoms with Crippen LogP contribution in [0.5, 0.6) is 0 Å². The van der Waals surface area contributed by atoms with E-state index in [1.165, 1.54) is 88.2 Å². The Morgan fingerprint density at radius 3 is 2.49 bits per heavy atom. The second-order valence-electron chi connectivity index (χ2n) is 10.7. The van der Waals surface area contributed by atoms with Crippen molar-refractivity contribution >= 4 is 17.1 Å². The summed E-state index contributed by atoms with van der Waals surface area (Å²) >= 11 is 0. The first kappa shape index (κ1) is 23.9. The average Bonchev–Trinajstić information content (AvgIpc) is 3.30. The number of aliphatic imine (C=N–C) groups is 1. The van der Waals surface area contributed by atoms with Crippen LogP contribution < -0.4 is 10.9 Å². The van der Waals surface area contributed by atoms with Gasteiger partial charge in [-0.05, 0) is 72.8 Å². The monoisotopic (exact) mass is 468 g/mol. The third-order valence-corrected chi connectivity index (χ3v) is 8.16. The smallest absolute Gasteiger partial charge is 0.0986 e. The van der Waals surface area contributed by atoms with E-state index in [4.69, 9.17) is 4.99 Å². The lowest BCUT2D eigenvalue weighted by atomic mass is 9.74. The molecule has 1 saturated carbocycles. The zero-order valence-electron chi connectivity index (χ0n) is 21.1. The normalized spacial score (nSPS) is 23.5. The maximum atomic E-state index is 4.93. The van der Waals surface area contributed by atoms with E-state index in [0.717, 1.165) is 53.9 Å². The molecule has 0 amide bonds. The van der Waals surface area contributed by atoms with E-state index < -0.39 is 0 Å². The Hall–Kier alpha value is -2.80. The first-order valence-corrected chi connectivity index (χ1v) is 14.0. The summed E-state index contributed by atoms with van der Waals surface area (Å²) in [6.45, 7) is 0. The molecule has 5 rings (SSSR count). The minimum Gasteiger partial charge on any atom is -0.294 e. The molecular weight excluding hydrogens is 428 g/mol. The summed E-state index contributed by atoms with van der Waals surface area (Å²) in [5, 5.41) is 0. The third kappa shape index (κ3) is 6.66. The zero-order valence-corrected chi connectivity index (χ0v) is 21.1. The summed E-state index contributed by atoms with van der Waals surface area (Å²) in [4.78, 5) is 9.57. The fourth-order valence-electron chi connectivity index (χ4n) is 6.22. The second-order valence-corrected chi connectivity index (χ2v) is 10.7. The highest BCUT2D eigenvalue weighted by Gasteiger charge is 2.27. The van der Waals surface area contributed by atoms with Crippen molar-refractivity contribution in [2.75, 3.05) is 5.43 Å². The fourth-order valence-corrected chi connectivity index (χ4v) is 6.22. The van der Waals surface area contributed by atoms with Crippen molar-refractivity contribution in [1.82, 2.24) is 10.4 Å². The predicted octanol–water partition coefficient (Wildman–Crippen LogP) is 7.31. The molecule has 0 saturated heterocycles. The number of nitrogens with zero attached hydrogens (tertiary/aromatic N) is 2. The molecule has 2 atom stereocenters. The molecule has 2 N–H and O–H groups in total. The molecule has 184 valence electrons. The Kier molecular flexibility index (Phi) is 8.37. The van der Waals surface area contributed by atoms with Gasteiger partial charge in [-0.15, -0.1) is 0 Å². The molecule has 0 spiro atoms. The highest BCUT2D eigenvalue weighted by Crippen LogP contribution is 2.39. The number of aryl methyl sites for hydroxylation is 1. The maximum absolute atomic E-state index is 4.93. The quantitative estimate of drug-likeness (QED) is 0.398. The van der Waals surface area contributed by atoms with Gasteiger partial charge in [0.15, 0.2) is 0 Å². The van der Waals surface area contributed by atoms with Crippen LogP contribution in [0.15, 0.2) is 41.5 Å². The average molecular weight is 469 g/mol. The summed E-state index contributed by atoms with van der Waals surface area (Å²) < 4.78 is 0. The van der Waals surface area contributed by atoms with E-state index in [9.17, 15) is 0 Å². The highest BCUT2D eigenvalue weighted by atomic mass is 15.3. The molecule has 4 nitrogen and oxygen atoms in total. The molecule has 1 aromatic heterocycles. The van der Waals surface area contributed by atoms with Gasteiger partial charge >= 0.3 is 0 Å². The standard InChI is InChI=1S/C31H40N4/c1-2-4-6-11-24-12-10-16-29(21-24)35-33-20-18-28-23-30-31(34-28)27(17-19-32-30)22-26-15-9-8-14-25(26)13-7-5-3-1/h10,12,16-17,19,21,25-26,33,35H,1-9,11,13-15,22-23H2. The number of hydrazine groups is 1. The van der Waals surface area contributed by atoms with Crippen molar-refractivity contribution in [1.29, 1.82) is 0 Å². The van der Waals surface area contributed by atoms with Crippen molar-refractivity contribution in [2.24, 2.45) is 16.8 Å². The van der Waals surface area contributed by atoms with Crippen LogP contribution in [-0.2, 0) is 19.3 Å². The molecule has 2 aliphatic heterocycles. The Morgan fingerprint density at radius 2 is 1.60 bits per heavy atom. The number of hydrogen-bond acceptors (Lipinski definition) is 4. The number of aromatic nitrogens is 1. The minimum atomic E-state index is 0.738. The summed E-state index contributed by atoms with van der Waals surface area (Å²) in [6.07, 6.45) is 21.6. The number of rotatable bonds is 0. The van der Waals surface area contributed by atoms with Gasteiger partial charge in [-0.2, -0.15) is 0 Å². The largest absolute Gasteiger partial charge is 0.294 e. The molecular formula is C31H40N4. The van der Waals surface area contributed by atoms with Crippen molar-refractivity contribution < 1.29 is 0 Å². The van der Waals surface area contributed by atoms with Crippen molar-refractivity contribution in [3.05, 3.63) is 53.3 Å². The van der Waals surface area contributed by atoms with Gasteiger partial charge in [0.2, 0.25) is 0 Å². The zero-order chi connectivity index (χ0) is 23.7. The molecule has 3 heterocycles. The molecule has 0 radical (unpaired) electrons. The third-order valence-electron chi connectivity index (χ3n) is 8.16. The number of hydrogen-bond donors (Lipinski definition) is 2. The van der Waals surface area contributed by atoms with Crippen LogP contribution in [-0.4, -0.2) is 10.7 Å². The lowest BCUT2D eigenvalue weighted by molar-refractivity contribution is 0.217. The molecule has 3 aliphatic rings. The van der Waals surface area contributed by atoms with E-state index >= 15 is 0 Å². The topological polar surface area (TPSA) is 49.3 Å². The van der Waals surface area contributed by atoms with Gasteiger partial charge in [0, 0.05) is 18.7 Å². The molecule has 2 unspecified atom stereocenters. The molecule has 4 heteroatoms. The van der Waals surface area contributed by atoms with Gasteiger partial charge in [-0.25, -0.2) is 4.99 Å². The minimum absolute atomic E-state index is 0.738.